The molecule has 1 aromatic carbocycles. The fourth-order valence-electron chi connectivity index (χ4n) is 1.86. The summed E-state index contributed by atoms with van der Waals surface area (Å²) in [5, 5.41) is 17.7. The number of hydrogen-bond donors (Lipinski definition) is 2. The Morgan fingerprint density at radius 3 is 2.67 bits per heavy atom. The highest BCUT2D eigenvalue weighted by Gasteiger charge is 2.15. The highest BCUT2D eigenvalue weighted by Crippen LogP contribution is 2.20. The molecular formula is C16H21NO4. The van der Waals surface area contributed by atoms with Crippen molar-refractivity contribution in [3.63, 3.8) is 0 Å². The third kappa shape index (κ3) is 4.78. The van der Waals surface area contributed by atoms with Gasteiger partial charge in [0, 0.05) is 25.1 Å². The lowest BCUT2D eigenvalue weighted by Crippen LogP contribution is -2.33. The Bertz CT molecular complexity index is 531. The van der Waals surface area contributed by atoms with Crippen molar-refractivity contribution in [3.05, 3.63) is 29.3 Å². The SMILES string of the molecule is CCN(CCO)C(=O)c1ccc(OC)c(C#CCCO)c1. The van der Waals surface area contributed by atoms with Gasteiger partial charge in [0.2, 0.25) is 0 Å². The molecule has 0 fully saturated rings. The third-order valence-electron chi connectivity index (χ3n) is 2.95. The van der Waals surface area contributed by atoms with E-state index in [2.05, 4.69) is 11.8 Å². The second-order valence-corrected chi connectivity index (χ2v) is 4.30. The number of carbonyl (C=O) groups excluding carboxylic acids is 1. The van der Waals surface area contributed by atoms with E-state index in [9.17, 15) is 4.79 Å². The summed E-state index contributed by atoms with van der Waals surface area (Å²) in [4.78, 5) is 13.9. The molecule has 0 aliphatic heterocycles. The van der Waals surface area contributed by atoms with E-state index in [0.717, 1.165) is 0 Å². The van der Waals surface area contributed by atoms with Crippen molar-refractivity contribution in [3.8, 4) is 17.6 Å². The second kappa shape index (κ2) is 9.01. The summed E-state index contributed by atoms with van der Waals surface area (Å²) < 4.78 is 5.22. The van der Waals surface area contributed by atoms with E-state index in [1.165, 1.54) is 7.11 Å². The number of aliphatic hydroxyl groups is 2. The van der Waals surface area contributed by atoms with Gasteiger partial charge in [-0.25, -0.2) is 0 Å². The summed E-state index contributed by atoms with van der Waals surface area (Å²) in [6.07, 6.45) is 0.368. The largest absolute Gasteiger partial charge is 0.495 e. The molecule has 0 bridgehead atoms. The van der Waals surface area contributed by atoms with Crippen molar-refractivity contribution >= 4 is 5.91 Å². The van der Waals surface area contributed by atoms with Crippen LogP contribution in [0.25, 0.3) is 0 Å². The number of nitrogens with zero attached hydrogens (tertiary/aromatic N) is 1. The van der Waals surface area contributed by atoms with Crippen molar-refractivity contribution in [1.29, 1.82) is 0 Å². The lowest BCUT2D eigenvalue weighted by molar-refractivity contribution is 0.0732. The van der Waals surface area contributed by atoms with Crippen LogP contribution in [0.5, 0.6) is 5.75 Å². The Kier molecular flexibility index (Phi) is 7.30. The van der Waals surface area contributed by atoms with E-state index >= 15 is 0 Å². The van der Waals surface area contributed by atoms with Crippen LogP contribution in [-0.2, 0) is 0 Å². The van der Waals surface area contributed by atoms with Gasteiger partial charge >= 0.3 is 0 Å². The van der Waals surface area contributed by atoms with Gasteiger partial charge in [-0.05, 0) is 25.1 Å². The first-order chi connectivity index (χ1) is 10.2. The number of benzene rings is 1. The molecule has 1 rings (SSSR count). The zero-order chi connectivity index (χ0) is 15.7. The third-order valence-corrected chi connectivity index (χ3v) is 2.95. The Morgan fingerprint density at radius 2 is 2.10 bits per heavy atom. The van der Waals surface area contributed by atoms with Crippen LogP contribution >= 0.6 is 0 Å². The number of rotatable bonds is 6. The second-order valence-electron chi connectivity index (χ2n) is 4.30. The number of hydrogen-bond acceptors (Lipinski definition) is 4. The minimum atomic E-state index is -0.153. The van der Waals surface area contributed by atoms with Crippen LogP contribution in [0, 0.1) is 11.8 Å². The predicted octanol–water partition coefficient (Wildman–Crippen LogP) is 0.883. The molecule has 0 heterocycles. The van der Waals surface area contributed by atoms with E-state index in [4.69, 9.17) is 14.9 Å². The van der Waals surface area contributed by atoms with E-state index in [1.807, 2.05) is 6.92 Å². The van der Waals surface area contributed by atoms with Gasteiger partial charge in [-0.3, -0.25) is 4.79 Å². The number of likely N-dealkylation sites (N-methyl/N-ethyl adjacent to an activating group) is 1. The van der Waals surface area contributed by atoms with Crippen LogP contribution in [-0.4, -0.2) is 54.4 Å². The lowest BCUT2D eigenvalue weighted by atomic mass is 10.1. The molecule has 0 saturated carbocycles. The molecule has 5 nitrogen and oxygen atoms in total. The van der Waals surface area contributed by atoms with Crippen LogP contribution < -0.4 is 4.74 Å². The molecule has 0 aliphatic rings. The summed E-state index contributed by atoms with van der Waals surface area (Å²) >= 11 is 0. The van der Waals surface area contributed by atoms with Gasteiger partial charge in [-0.1, -0.05) is 11.8 Å². The van der Waals surface area contributed by atoms with Crippen molar-refractivity contribution in [2.75, 3.05) is 33.4 Å². The lowest BCUT2D eigenvalue weighted by Gasteiger charge is -2.20. The molecule has 114 valence electrons. The van der Waals surface area contributed by atoms with Crippen molar-refractivity contribution < 1.29 is 19.7 Å². The number of ether oxygens (including phenoxy) is 1. The van der Waals surface area contributed by atoms with E-state index < -0.39 is 0 Å². The summed E-state index contributed by atoms with van der Waals surface area (Å²) in [6.45, 7) is 2.61. The summed E-state index contributed by atoms with van der Waals surface area (Å²) in [6, 6.07) is 5.05. The summed E-state index contributed by atoms with van der Waals surface area (Å²) in [5.41, 5.74) is 1.11. The highest BCUT2D eigenvalue weighted by molar-refractivity contribution is 5.94. The predicted molar refractivity (Wildman–Crippen MR) is 80.2 cm³/mol. The normalized spacial score (nSPS) is 9.71. The molecule has 0 radical (unpaired) electrons. The number of carbonyl (C=O) groups is 1. The first-order valence-electron chi connectivity index (χ1n) is 6.85. The molecule has 21 heavy (non-hydrogen) atoms. The maximum Gasteiger partial charge on any atom is 0.253 e. The number of amides is 1. The fourth-order valence-corrected chi connectivity index (χ4v) is 1.86. The Morgan fingerprint density at radius 1 is 1.33 bits per heavy atom. The van der Waals surface area contributed by atoms with Crippen LogP contribution in [0.1, 0.15) is 29.3 Å². The van der Waals surface area contributed by atoms with Gasteiger partial charge in [0.1, 0.15) is 5.75 Å². The van der Waals surface area contributed by atoms with Gasteiger partial charge < -0.3 is 19.8 Å². The fraction of sp³-hybridized carbons (Fsp3) is 0.438. The molecule has 0 aliphatic carbocycles. The van der Waals surface area contributed by atoms with Crippen molar-refractivity contribution in [2.24, 2.45) is 0 Å². The number of aliphatic hydroxyl groups excluding tert-OH is 2. The maximum absolute atomic E-state index is 12.3. The van der Waals surface area contributed by atoms with Gasteiger partial charge in [-0.2, -0.15) is 0 Å². The van der Waals surface area contributed by atoms with Crippen molar-refractivity contribution in [1.82, 2.24) is 4.90 Å². The maximum atomic E-state index is 12.3. The summed E-state index contributed by atoms with van der Waals surface area (Å²) in [5.74, 6) is 6.14. The average Bonchev–Trinajstić information content (AvgIpc) is 2.52. The molecule has 0 spiro atoms. The van der Waals surface area contributed by atoms with Crippen molar-refractivity contribution in [2.45, 2.75) is 13.3 Å². The first kappa shape index (κ1) is 17.0. The van der Waals surface area contributed by atoms with E-state index in [1.54, 1.807) is 23.1 Å². The molecule has 0 unspecified atom stereocenters. The Balaban J connectivity index is 3.07. The highest BCUT2D eigenvalue weighted by atomic mass is 16.5. The van der Waals surface area contributed by atoms with Gasteiger partial charge in [0.05, 0.1) is 25.9 Å². The minimum Gasteiger partial charge on any atom is -0.495 e. The molecule has 1 amide bonds. The molecule has 0 aromatic heterocycles. The van der Waals surface area contributed by atoms with Crippen LogP contribution in [0.3, 0.4) is 0 Å². The smallest absolute Gasteiger partial charge is 0.253 e. The van der Waals surface area contributed by atoms with Crippen LogP contribution in [0.2, 0.25) is 0 Å². The molecule has 0 saturated heterocycles. The zero-order valence-electron chi connectivity index (χ0n) is 12.4. The monoisotopic (exact) mass is 291 g/mol. The van der Waals surface area contributed by atoms with Gasteiger partial charge in [0.25, 0.3) is 5.91 Å². The number of methoxy groups -OCH3 is 1. The zero-order valence-corrected chi connectivity index (χ0v) is 12.4. The molecule has 5 heteroatoms. The average molecular weight is 291 g/mol. The minimum absolute atomic E-state index is 0.00590. The molecule has 0 atom stereocenters. The van der Waals surface area contributed by atoms with E-state index in [0.29, 0.717) is 36.4 Å². The summed E-state index contributed by atoms with van der Waals surface area (Å²) in [7, 11) is 1.54. The Hall–Kier alpha value is -2.03. The van der Waals surface area contributed by atoms with Gasteiger partial charge in [0.15, 0.2) is 0 Å². The standard InChI is InChI=1S/C16H21NO4/c1-3-17(9-11-19)16(20)14-7-8-15(21-2)13(12-14)6-4-5-10-18/h7-8,12,18-19H,3,5,9-11H2,1-2H3. The molecule has 2 N–H and O–H groups in total. The topological polar surface area (TPSA) is 70.0 Å². The van der Waals surface area contributed by atoms with E-state index in [-0.39, 0.29) is 19.1 Å². The van der Waals surface area contributed by atoms with Crippen LogP contribution in [0.4, 0.5) is 0 Å². The van der Waals surface area contributed by atoms with Crippen LogP contribution in [0.15, 0.2) is 18.2 Å². The first-order valence-corrected chi connectivity index (χ1v) is 6.85. The molecule has 1 aromatic rings. The quantitative estimate of drug-likeness (QED) is 0.764. The van der Waals surface area contributed by atoms with Gasteiger partial charge in [-0.15, -0.1) is 0 Å². The Labute approximate surface area is 125 Å². The molecular weight excluding hydrogens is 270 g/mol.